The van der Waals surface area contributed by atoms with E-state index in [0.29, 0.717) is 10.8 Å². The van der Waals surface area contributed by atoms with Crippen molar-refractivity contribution in [2.75, 3.05) is 5.43 Å². The first-order valence-corrected chi connectivity index (χ1v) is 5.13. The number of benzene rings is 1. The number of nitrogen functional groups attached to an aromatic ring is 1. The van der Waals surface area contributed by atoms with Crippen molar-refractivity contribution in [2.24, 2.45) is 5.84 Å². The monoisotopic (exact) mass is 253 g/mol. The molecule has 0 atom stereocenters. The van der Waals surface area contributed by atoms with E-state index in [9.17, 15) is 4.39 Å². The van der Waals surface area contributed by atoms with E-state index >= 15 is 0 Å². The van der Waals surface area contributed by atoms with E-state index in [1.54, 1.807) is 18.2 Å². The maximum atomic E-state index is 13.4. The number of nitrogens with two attached hydrogens (primary N) is 1. The molecule has 2 aromatic rings. The van der Waals surface area contributed by atoms with Gasteiger partial charge < -0.3 is 10.2 Å². The number of hydrazine groups is 1. The first-order chi connectivity index (χ1) is 8.20. The van der Waals surface area contributed by atoms with Gasteiger partial charge >= 0.3 is 0 Å². The van der Waals surface area contributed by atoms with Gasteiger partial charge in [0.2, 0.25) is 5.88 Å². The largest absolute Gasteiger partial charge is 0.437 e. The summed E-state index contributed by atoms with van der Waals surface area (Å²) in [6, 6.07) is 7.53. The van der Waals surface area contributed by atoms with Crippen LogP contribution >= 0.6 is 11.6 Å². The molecule has 0 amide bonds. The highest BCUT2D eigenvalue weighted by molar-refractivity contribution is 6.31. The maximum absolute atomic E-state index is 13.4. The zero-order valence-electron chi connectivity index (χ0n) is 8.65. The van der Waals surface area contributed by atoms with Gasteiger partial charge in [0.25, 0.3) is 0 Å². The SMILES string of the molecule is NNc1ccc(Oc2ncccc2Cl)cc1F. The molecule has 0 radical (unpaired) electrons. The normalized spacial score (nSPS) is 10.1. The summed E-state index contributed by atoms with van der Waals surface area (Å²) >= 11 is 5.86. The fourth-order valence-corrected chi connectivity index (χ4v) is 1.39. The van der Waals surface area contributed by atoms with Gasteiger partial charge in [-0.15, -0.1) is 0 Å². The lowest BCUT2D eigenvalue weighted by Crippen LogP contribution is -2.08. The van der Waals surface area contributed by atoms with Crippen LogP contribution in [0.3, 0.4) is 0 Å². The van der Waals surface area contributed by atoms with Crippen molar-refractivity contribution in [2.45, 2.75) is 0 Å². The Labute approximate surface area is 102 Å². The molecule has 4 nitrogen and oxygen atoms in total. The van der Waals surface area contributed by atoms with Gasteiger partial charge in [-0.1, -0.05) is 11.6 Å². The fraction of sp³-hybridized carbons (Fsp3) is 0. The number of nitrogens with zero attached hydrogens (tertiary/aromatic N) is 1. The second-order valence-electron chi connectivity index (χ2n) is 3.18. The van der Waals surface area contributed by atoms with Gasteiger partial charge in [0, 0.05) is 12.3 Å². The van der Waals surface area contributed by atoms with E-state index < -0.39 is 5.82 Å². The summed E-state index contributed by atoms with van der Waals surface area (Å²) in [4.78, 5) is 3.93. The average Bonchev–Trinajstić information content (AvgIpc) is 2.32. The highest BCUT2D eigenvalue weighted by Crippen LogP contribution is 2.28. The third-order valence-electron chi connectivity index (χ3n) is 2.04. The smallest absolute Gasteiger partial charge is 0.238 e. The summed E-state index contributed by atoms with van der Waals surface area (Å²) in [5.74, 6) is 5.11. The van der Waals surface area contributed by atoms with Crippen LogP contribution in [0.15, 0.2) is 36.5 Å². The third-order valence-corrected chi connectivity index (χ3v) is 2.32. The predicted molar refractivity (Wildman–Crippen MR) is 63.5 cm³/mol. The Hall–Kier alpha value is -1.85. The Kier molecular flexibility index (Phi) is 3.41. The highest BCUT2D eigenvalue weighted by atomic mass is 35.5. The van der Waals surface area contributed by atoms with Crippen LogP contribution in [-0.2, 0) is 0 Å². The molecule has 1 aromatic heterocycles. The number of halogens is 2. The van der Waals surface area contributed by atoms with Crippen LogP contribution in [0.25, 0.3) is 0 Å². The summed E-state index contributed by atoms with van der Waals surface area (Å²) in [5.41, 5.74) is 2.41. The molecule has 17 heavy (non-hydrogen) atoms. The summed E-state index contributed by atoms with van der Waals surface area (Å²) in [6.07, 6.45) is 1.54. The van der Waals surface area contributed by atoms with Gasteiger partial charge in [-0.25, -0.2) is 9.37 Å². The van der Waals surface area contributed by atoms with Gasteiger partial charge in [-0.2, -0.15) is 0 Å². The molecular formula is C11H9ClFN3O. The van der Waals surface area contributed by atoms with Crippen LogP contribution in [0.4, 0.5) is 10.1 Å². The molecule has 0 unspecified atom stereocenters. The molecular weight excluding hydrogens is 245 g/mol. The van der Waals surface area contributed by atoms with Gasteiger partial charge in [0.1, 0.15) is 10.8 Å². The van der Waals surface area contributed by atoms with Crippen LogP contribution in [0.1, 0.15) is 0 Å². The van der Waals surface area contributed by atoms with Crippen molar-refractivity contribution in [1.29, 1.82) is 0 Å². The van der Waals surface area contributed by atoms with E-state index in [4.69, 9.17) is 22.2 Å². The molecule has 0 saturated heterocycles. The van der Waals surface area contributed by atoms with Crippen LogP contribution < -0.4 is 16.0 Å². The van der Waals surface area contributed by atoms with E-state index in [0.717, 1.165) is 0 Å². The molecule has 2 rings (SSSR count). The lowest BCUT2D eigenvalue weighted by Gasteiger charge is -2.07. The number of hydrogen-bond acceptors (Lipinski definition) is 4. The number of hydrogen-bond donors (Lipinski definition) is 2. The second-order valence-corrected chi connectivity index (χ2v) is 3.59. The van der Waals surface area contributed by atoms with E-state index in [1.807, 2.05) is 0 Å². The first-order valence-electron chi connectivity index (χ1n) is 4.75. The number of pyridine rings is 1. The molecule has 0 bridgehead atoms. The molecule has 0 aliphatic rings. The van der Waals surface area contributed by atoms with Gasteiger partial charge in [0.15, 0.2) is 5.82 Å². The van der Waals surface area contributed by atoms with Gasteiger partial charge in [-0.05, 0) is 24.3 Å². The quantitative estimate of drug-likeness (QED) is 0.652. The molecule has 0 fully saturated rings. The first kappa shape index (κ1) is 11.6. The molecule has 0 saturated carbocycles. The predicted octanol–water partition coefficient (Wildman–Crippen LogP) is 2.95. The Balaban J connectivity index is 2.25. The molecule has 0 aliphatic heterocycles. The molecule has 6 heteroatoms. The van der Waals surface area contributed by atoms with Crippen molar-refractivity contribution in [3.05, 3.63) is 47.4 Å². The van der Waals surface area contributed by atoms with Crippen molar-refractivity contribution < 1.29 is 9.13 Å². The Morgan fingerprint density at radius 2 is 2.18 bits per heavy atom. The summed E-state index contributed by atoms with van der Waals surface area (Å²) in [7, 11) is 0. The minimum absolute atomic E-state index is 0.185. The minimum atomic E-state index is -0.517. The lowest BCUT2D eigenvalue weighted by molar-refractivity contribution is 0.458. The molecule has 0 aliphatic carbocycles. The number of ether oxygens (including phenoxy) is 1. The van der Waals surface area contributed by atoms with Gasteiger partial charge in [-0.3, -0.25) is 5.84 Å². The summed E-state index contributed by atoms with van der Waals surface area (Å²) < 4.78 is 18.7. The standard InChI is InChI=1S/C11H9ClFN3O/c12-8-2-1-5-15-11(8)17-7-3-4-10(16-14)9(13)6-7/h1-6,16H,14H2. The van der Waals surface area contributed by atoms with E-state index in [1.165, 1.54) is 18.3 Å². The molecule has 1 aromatic carbocycles. The van der Waals surface area contributed by atoms with Crippen LogP contribution in [0, 0.1) is 5.82 Å². The Morgan fingerprint density at radius 3 is 2.82 bits per heavy atom. The van der Waals surface area contributed by atoms with Crippen molar-refractivity contribution in [3.8, 4) is 11.6 Å². The molecule has 1 heterocycles. The topological polar surface area (TPSA) is 60.2 Å². The number of nitrogens with one attached hydrogen (secondary N) is 1. The molecule has 88 valence electrons. The highest BCUT2D eigenvalue weighted by Gasteiger charge is 2.06. The summed E-state index contributed by atoms with van der Waals surface area (Å²) in [6.45, 7) is 0. The van der Waals surface area contributed by atoms with E-state index in [2.05, 4.69) is 10.4 Å². The number of anilines is 1. The Bertz CT molecular complexity index is 536. The van der Waals surface area contributed by atoms with Crippen LogP contribution in [-0.4, -0.2) is 4.98 Å². The average molecular weight is 254 g/mol. The zero-order valence-corrected chi connectivity index (χ0v) is 9.41. The van der Waals surface area contributed by atoms with Crippen molar-refractivity contribution in [1.82, 2.24) is 4.98 Å². The molecule has 3 N–H and O–H groups in total. The zero-order chi connectivity index (χ0) is 12.3. The van der Waals surface area contributed by atoms with E-state index in [-0.39, 0.29) is 11.6 Å². The lowest BCUT2D eigenvalue weighted by atomic mass is 10.3. The number of aromatic nitrogens is 1. The van der Waals surface area contributed by atoms with Crippen molar-refractivity contribution >= 4 is 17.3 Å². The third kappa shape index (κ3) is 2.64. The maximum Gasteiger partial charge on any atom is 0.238 e. The number of rotatable bonds is 3. The summed E-state index contributed by atoms with van der Waals surface area (Å²) in [5, 5.41) is 0.355. The van der Waals surface area contributed by atoms with Crippen molar-refractivity contribution in [3.63, 3.8) is 0 Å². The van der Waals surface area contributed by atoms with Crippen LogP contribution in [0.2, 0.25) is 5.02 Å². The minimum Gasteiger partial charge on any atom is -0.437 e. The fourth-order valence-electron chi connectivity index (χ4n) is 1.23. The van der Waals surface area contributed by atoms with Crippen LogP contribution in [0.5, 0.6) is 11.6 Å². The Morgan fingerprint density at radius 1 is 1.35 bits per heavy atom. The second kappa shape index (κ2) is 4.99. The van der Waals surface area contributed by atoms with Gasteiger partial charge in [0.05, 0.1) is 5.69 Å². The molecule has 0 spiro atoms.